The van der Waals surface area contributed by atoms with Crippen LogP contribution in [0.3, 0.4) is 0 Å². The highest BCUT2D eigenvalue weighted by molar-refractivity contribution is 7.92. The summed E-state index contributed by atoms with van der Waals surface area (Å²) >= 11 is 6.06. The summed E-state index contributed by atoms with van der Waals surface area (Å²) in [5.41, 5.74) is 0.245. The van der Waals surface area contributed by atoms with Gasteiger partial charge in [0.15, 0.2) is 0 Å². The summed E-state index contributed by atoms with van der Waals surface area (Å²) in [6.45, 7) is 5.23. The molecule has 0 aliphatic carbocycles. The number of rotatable bonds is 9. The molecule has 1 aliphatic rings. The minimum atomic E-state index is -3.74. The van der Waals surface area contributed by atoms with E-state index in [2.05, 4.69) is 10.2 Å². The summed E-state index contributed by atoms with van der Waals surface area (Å²) in [4.78, 5) is 15.1. The van der Waals surface area contributed by atoms with Crippen molar-refractivity contribution in [2.24, 2.45) is 0 Å². The predicted octanol–water partition coefficient (Wildman–Crippen LogP) is 2.89. The first-order valence-corrected chi connectivity index (χ1v) is 12.3. The molecule has 1 N–H and O–H groups in total. The summed E-state index contributed by atoms with van der Waals surface area (Å²) in [6, 6.07) is 3.75. The standard InChI is InChI=1S/C20H32ClN3O4S/c1-16(20(25)22-11-8-14-23-12-6-4-5-7-13-23)24(29(3,26)27)18-15-17(21)9-10-19(18)28-2/h9-10,15-16H,4-8,11-14H2,1-3H3,(H,22,25)/t16-/m0/s1. The average molecular weight is 446 g/mol. The van der Waals surface area contributed by atoms with Gasteiger partial charge in [0.05, 0.1) is 19.1 Å². The number of methoxy groups -OCH3 is 1. The van der Waals surface area contributed by atoms with Crippen LogP contribution in [-0.4, -0.2) is 64.8 Å². The predicted molar refractivity (Wildman–Crippen MR) is 117 cm³/mol. The second-order valence-electron chi connectivity index (χ2n) is 7.45. The molecule has 164 valence electrons. The number of ether oxygens (including phenoxy) is 1. The van der Waals surface area contributed by atoms with E-state index in [1.54, 1.807) is 19.1 Å². The van der Waals surface area contributed by atoms with E-state index in [0.29, 0.717) is 17.3 Å². The molecule has 0 bridgehead atoms. The number of hydrogen-bond acceptors (Lipinski definition) is 5. The fraction of sp³-hybridized carbons (Fsp3) is 0.650. The molecular formula is C20H32ClN3O4S. The molecule has 1 saturated heterocycles. The van der Waals surface area contributed by atoms with E-state index >= 15 is 0 Å². The molecule has 1 aromatic rings. The average Bonchev–Trinajstić information content (AvgIpc) is 2.93. The number of amides is 1. The first kappa shape index (κ1) is 23.8. The smallest absolute Gasteiger partial charge is 0.243 e. The summed E-state index contributed by atoms with van der Waals surface area (Å²) in [5, 5.41) is 3.23. The Morgan fingerprint density at radius 1 is 1.28 bits per heavy atom. The third-order valence-corrected chi connectivity index (χ3v) is 6.58. The van der Waals surface area contributed by atoms with Gasteiger partial charge in [0.25, 0.3) is 0 Å². The third kappa shape index (κ3) is 7.04. The molecule has 0 aromatic heterocycles. The van der Waals surface area contributed by atoms with Crippen LogP contribution in [0, 0.1) is 0 Å². The summed E-state index contributed by atoms with van der Waals surface area (Å²) in [5.74, 6) is -0.0195. The van der Waals surface area contributed by atoms with Crippen LogP contribution in [0.2, 0.25) is 5.02 Å². The van der Waals surface area contributed by atoms with Gasteiger partial charge < -0.3 is 15.0 Å². The van der Waals surface area contributed by atoms with E-state index in [1.165, 1.54) is 38.9 Å². The van der Waals surface area contributed by atoms with Crippen LogP contribution in [0.4, 0.5) is 5.69 Å². The van der Waals surface area contributed by atoms with Crippen molar-refractivity contribution in [1.82, 2.24) is 10.2 Å². The number of carbonyl (C=O) groups excluding carboxylic acids is 1. The quantitative estimate of drug-likeness (QED) is 0.591. The van der Waals surface area contributed by atoms with Crippen molar-refractivity contribution in [3.8, 4) is 5.75 Å². The summed E-state index contributed by atoms with van der Waals surface area (Å²) in [7, 11) is -2.29. The maximum atomic E-state index is 12.7. The number of likely N-dealkylation sites (tertiary alicyclic amines) is 1. The van der Waals surface area contributed by atoms with Gasteiger partial charge in [-0.05, 0) is 64.0 Å². The number of carbonyl (C=O) groups is 1. The molecule has 7 nitrogen and oxygen atoms in total. The Morgan fingerprint density at radius 2 is 1.93 bits per heavy atom. The van der Waals surface area contributed by atoms with Gasteiger partial charge in [-0.3, -0.25) is 9.10 Å². The molecule has 1 aromatic carbocycles. The second-order valence-corrected chi connectivity index (χ2v) is 9.75. The van der Waals surface area contributed by atoms with E-state index in [0.717, 1.165) is 36.6 Å². The summed E-state index contributed by atoms with van der Waals surface area (Å²) < 4.78 is 31.3. The molecule has 2 rings (SSSR count). The van der Waals surface area contributed by atoms with Crippen LogP contribution < -0.4 is 14.4 Å². The molecule has 0 unspecified atom stereocenters. The van der Waals surface area contributed by atoms with Gasteiger partial charge in [-0.25, -0.2) is 8.42 Å². The van der Waals surface area contributed by atoms with Gasteiger partial charge >= 0.3 is 0 Å². The second kappa shape index (κ2) is 11.0. The largest absolute Gasteiger partial charge is 0.495 e. The van der Waals surface area contributed by atoms with Crippen molar-refractivity contribution in [3.63, 3.8) is 0 Å². The number of hydrogen-bond donors (Lipinski definition) is 1. The fourth-order valence-corrected chi connectivity index (χ4v) is 4.97. The maximum Gasteiger partial charge on any atom is 0.243 e. The van der Waals surface area contributed by atoms with E-state index in [4.69, 9.17) is 16.3 Å². The highest BCUT2D eigenvalue weighted by Gasteiger charge is 2.31. The molecule has 1 heterocycles. The normalized spacial score (nSPS) is 16.7. The lowest BCUT2D eigenvalue weighted by Crippen LogP contribution is -2.48. The van der Waals surface area contributed by atoms with E-state index < -0.39 is 16.1 Å². The molecule has 1 amide bonds. The first-order chi connectivity index (χ1) is 13.7. The monoisotopic (exact) mass is 445 g/mol. The van der Waals surface area contributed by atoms with Crippen molar-refractivity contribution >= 4 is 33.2 Å². The zero-order chi connectivity index (χ0) is 21.4. The van der Waals surface area contributed by atoms with Gasteiger partial charge in [-0.1, -0.05) is 24.4 Å². The molecule has 1 atom stereocenters. The number of anilines is 1. The van der Waals surface area contributed by atoms with Crippen LogP contribution in [0.25, 0.3) is 0 Å². The van der Waals surface area contributed by atoms with Gasteiger partial charge in [0.2, 0.25) is 15.9 Å². The summed E-state index contributed by atoms with van der Waals surface area (Å²) in [6.07, 6.45) is 6.94. The molecule has 0 saturated carbocycles. The first-order valence-electron chi connectivity index (χ1n) is 10.1. The minimum Gasteiger partial charge on any atom is -0.495 e. The molecular weight excluding hydrogens is 414 g/mol. The molecule has 0 spiro atoms. The molecule has 1 fully saturated rings. The topological polar surface area (TPSA) is 79.0 Å². The van der Waals surface area contributed by atoms with Crippen molar-refractivity contribution in [2.75, 3.05) is 43.8 Å². The van der Waals surface area contributed by atoms with E-state index in [-0.39, 0.29) is 11.6 Å². The lowest BCUT2D eigenvalue weighted by molar-refractivity contribution is -0.121. The lowest BCUT2D eigenvalue weighted by atomic mass is 10.2. The highest BCUT2D eigenvalue weighted by atomic mass is 35.5. The Morgan fingerprint density at radius 3 is 2.52 bits per heavy atom. The van der Waals surface area contributed by atoms with Gasteiger partial charge in [-0.2, -0.15) is 0 Å². The number of benzene rings is 1. The minimum absolute atomic E-state index is 0.245. The Hall–Kier alpha value is -1.51. The Bertz CT molecular complexity index is 780. The zero-order valence-electron chi connectivity index (χ0n) is 17.5. The molecule has 29 heavy (non-hydrogen) atoms. The maximum absolute atomic E-state index is 12.7. The zero-order valence-corrected chi connectivity index (χ0v) is 19.1. The number of halogens is 1. The molecule has 0 radical (unpaired) electrons. The molecule has 9 heteroatoms. The SMILES string of the molecule is COc1ccc(Cl)cc1N([C@@H](C)C(=O)NCCCN1CCCCCC1)S(C)(=O)=O. The third-order valence-electron chi connectivity index (χ3n) is 5.12. The van der Waals surface area contributed by atoms with E-state index in [1.807, 2.05) is 0 Å². The molecule has 1 aliphatic heterocycles. The fourth-order valence-electron chi connectivity index (χ4n) is 3.64. The van der Waals surface area contributed by atoms with Crippen molar-refractivity contribution in [3.05, 3.63) is 23.2 Å². The lowest BCUT2D eigenvalue weighted by Gasteiger charge is -2.29. The van der Waals surface area contributed by atoms with Gasteiger partial charge in [0, 0.05) is 11.6 Å². The van der Waals surface area contributed by atoms with Crippen molar-refractivity contribution in [2.45, 2.75) is 45.1 Å². The van der Waals surface area contributed by atoms with Crippen LogP contribution in [0.5, 0.6) is 5.75 Å². The van der Waals surface area contributed by atoms with Crippen LogP contribution in [0.15, 0.2) is 18.2 Å². The number of nitrogens with one attached hydrogen (secondary N) is 1. The van der Waals surface area contributed by atoms with Gasteiger partial charge in [0.1, 0.15) is 11.8 Å². The van der Waals surface area contributed by atoms with Crippen molar-refractivity contribution < 1.29 is 17.9 Å². The van der Waals surface area contributed by atoms with E-state index in [9.17, 15) is 13.2 Å². The van der Waals surface area contributed by atoms with Crippen LogP contribution >= 0.6 is 11.6 Å². The highest BCUT2D eigenvalue weighted by Crippen LogP contribution is 2.34. The number of sulfonamides is 1. The Balaban J connectivity index is 2.01. The number of nitrogens with zero attached hydrogens (tertiary/aromatic N) is 2. The van der Waals surface area contributed by atoms with Crippen LogP contribution in [0.1, 0.15) is 39.0 Å². The Labute approximate surface area is 179 Å². The Kier molecular flexibility index (Phi) is 9.04. The van der Waals surface area contributed by atoms with Crippen molar-refractivity contribution in [1.29, 1.82) is 0 Å². The van der Waals surface area contributed by atoms with Crippen LogP contribution in [-0.2, 0) is 14.8 Å². The van der Waals surface area contributed by atoms with Gasteiger partial charge in [-0.15, -0.1) is 0 Å².